The minimum absolute atomic E-state index is 1.06. The molecule has 0 aliphatic rings. The second kappa shape index (κ2) is 9.12. The second-order valence-electron chi connectivity index (χ2n) is 7.36. The van der Waals surface area contributed by atoms with E-state index < -0.39 is 0 Å². The number of hydrogen-bond acceptors (Lipinski definition) is 2. The zero-order chi connectivity index (χ0) is 18.4. The van der Waals surface area contributed by atoms with E-state index in [2.05, 4.69) is 44.0 Å². The molecule has 0 bridgehead atoms. The minimum Gasteiger partial charge on any atom is -0.254 e. The highest BCUT2D eigenvalue weighted by molar-refractivity contribution is 6.04. The van der Waals surface area contributed by atoms with E-state index in [-0.39, 0.29) is 0 Å². The van der Waals surface area contributed by atoms with E-state index in [0.29, 0.717) is 0 Å². The molecule has 0 fully saturated rings. The van der Waals surface area contributed by atoms with Crippen molar-refractivity contribution in [2.45, 2.75) is 78.6 Å². The number of nitrogens with zero attached hydrogens (tertiary/aromatic N) is 2. The van der Waals surface area contributed by atoms with Crippen LogP contribution in [0.3, 0.4) is 0 Å². The van der Waals surface area contributed by atoms with Gasteiger partial charge in [0.05, 0.1) is 11.0 Å². The van der Waals surface area contributed by atoms with Gasteiger partial charge >= 0.3 is 0 Å². The largest absolute Gasteiger partial charge is 0.254 e. The Balaban J connectivity index is 2.26. The lowest BCUT2D eigenvalue weighted by atomic mass is 9.91. The molecule has 1 aromatic carbocycles. The van der Waals surface area contributed by atoms with E-state index in [1.165, 1.54) is 60.6 Å². The summed E-state index contributed by atoms with van der Waals surface area (Å²) in [6.45, 7) is 6.83. The molecule has 2 aromatic heterocycles. The second-order valence-corrected chi connectivity index (χ2v) is 7.36. The average Bonchev–Trinajstić information content (AvgIpc) is 2.68. The number of hydrogen-bond donors (Lipinski definition) is 0. The molecule has 0 aliphatic carbocycles. The highest BCUT2D eigenvalue weighted by atomic mass is 14.8. The first kappa shape index (κ1) is 18.8. The summed E-state index contributed by atoms with van der Waals surface area (Å²) in [5.41, 5.74) is 6.58. The first-order valence-electron chi connectivity index (χ1n) is 10.5. The van der Waals surface area contributed by atoms with E-state index in [0.717, 1.165) is 30.3 Å². The fourth-order valence-corrected chi connectivity index (χ4v) is 3.86. The van der Waals surface area contributed by atoms with Crippen molar-refractivity contribution in [1.29, 1.82) is 0 Å². The van der Waals surface area contributed by atoms with Crippen LogP contribution in [0.4, 0.5) is 0 Å². The molecule has 0 spiro atoms. The highest BCUT2D eigenvalue weighted by Crippen LogP contribution is 2.31. The molecule has 0 radical (unpaired) electrons. The molecule has 2 heterocycles. The summed E-state index contributed by atoms with van der Waals surface area (Å²) < 4.78 is 0. The van der Waals surface area contributed by atoms with Crippen LogP contribution in [0, 0.1) is 0 Å². The first-order valence-corrected chi connectivity index (χ1v) is 10.5. The molecule has 0 aliphatic heterocycles. The van der Waals surface area contributed by atoms with Crippen molar-refractivity contribution in [3.63, 3.8) is 0 Å². The molecule has 0 saturated heterocycles. The topological polar surface area (TPSA) is 25.8 Å². The summed E-state index contributed by atoms with van der Waals surface area (Å²) in [4.78, 5) is 9.88. The lowest BCUT2D eigenvalue weighted by molar-refractivity contribution is 0.726. The van der Waals surface area contributed by atoms with Crippen LogP contribution in [-0.2, 0) is 19.3 Å². The van der Waals surface area contributed by atoms with Crippen LogP contribution in [0.1, 0.15) is 76.1 Å². The van der Waals surface area contributed by atoms with Crippen molar-refractivity contribution in [3.8, 4) is 0 Å². The summed E-state index contributed by atoms with van der Waals surface area (Å²) >= 11 is 0. The third-order valence-corrected chi connectivity index (χ3v) is 5.36. The maximum absolute atomic E-state index is 5.20. The Labute approximate surface area is 158 Å². The highest BCUT2D eigenvalue weighted by Gasteiger charge is 2.16. The van der Waals surface area contributed by atoms with Crippen LogP contribution in [0.2, 0.25) is 0 Å². The molecule has 138 valence electrons. The molecule has 2 heteroatoms. The van der Waals surface area contributed by atoms with Crippen molar-refractivity contribution in [1.82, 2.24) is 9.97 Å². The fraction of sp³-hybridized carbons (Fsp3) is 0.500. The molecular weight excluding hydrogens is 316 g/mol. The number of pyridine rings is 2. The fourth-order valence-electron chi connectivity index (χ4n) is 3.86. The van der Waals surface area contributed by atoms with Crippen LogP contribution < -0.4 is 0 Å². The first-order chi connectivity index (χ1) is 12.8. The standard InChI is InChI=1S/C24H32N2/c1-4-7-12-19-20(13-8-5-2)22(14-9-6-3)26-24-21(19)16-15-18-11-10-17-25-23(18)24/h10-11,15-17H,4-9,12-14H2,1-3H3. The third kappa shape index (κ3) is 3.90. The Morgan fingerprint density at radius 2 is 1.42 bits per heavy atom. The van der Waals surface area contributed by atoms with Crippen molar-refractivity contribution < 1.29 is 0 Å². The predicted molar refractivity (Wildman–Crippen MR) is 113 cm³/mol. The van der Waals surface area contributed by atoms with Gasteiger partial charge < -0.3 is 0 Å². The lowest BCUT2D eigenvalue weighted by Crippen LogP contribution is -2.06. The number of aryl methyl sites for hydroxylation is 2. The number of benzene rings is 1. The average molecular weight is 349 g/mol. The van der Waals surface area contributed by atoms with Gasteiger partial charge in [-0.15, -0.1) is 0 Å². The van der Waals surface area contributed by atoms with E-state index in [1.54, 1.807) is 5.56 Å². The van der Waals surface area contributed by atoms with Gasteiger partial charge in [-0.05, 0) is 55.7 Å². The molecule has 26 heavy (non-hydrogen) atoms. The summed E-state index contributed by atoms with van der Waals surface area (Å²) in [7, 11) is 0. The number of fused-ring (bicyclic) bond motifs is 3. The smallest absolute Gasteiger partial charge is 0.0970 e. The Kier molecular flexibility index (Phi) is 6.60. The number of aromatic nitrogens is 2. The molecule has 0 N–H and O–H groups in total. The third-order valence-electron chi connectivity index (χ3n) is 5.36. The van der Waals surface area contributed by atoms with Gasteiger partial charge in [0.25, 0.3) is 0 Å². The zero-order valence-electron chi connectivity index (χ0n) is 16.6. The summed E-state index contributed by atoms with van der Waals surface area (Å²) in [6.07, 6.45) is 12.7. The van der Waals surface area contributed by atoms with Gasteiger partial charge in [-0.3, -0.25) is 9.97 Å². The number of unbranched alkanes of at least 4 members (excludes halogenated alkanes) is 3. The zero-order valence-corrected chi connectivity index (χ0v) is 16.6. The molecule has 3 aromatic rings. The maximum Gasteiger partial charge on any atom is 0.0970 e. The minimum atomic E-state index is 1.06. The molecule has 3 rings (SSSR count). The van der Waals surface area contributed by atoms with Gasteiger partial charge in [-0.2, -0.15) is 0 Å². The summed E-state index contributed by atoms with van der Waals surface area (Å²) in [5.74, 6) is 0. The van der Waals surface area contributed by atoms with E-state index in [9.17, 15) is 0 Å². The molecule has 2 nitrogen and oxygen atoms in total. The number of rotatable bonds is 9. The van der Waals surface area contributed by atoms with Crippen molar-refractivity contribution in [2.75, 3.05) is 0 Å². The van der Waals surface area contributed by atoms with Gasteiger partial charge in [0, 0.05) is 22.7 Å². The monoisotopic (exact) mass is 348 g/mol. The SMILES string of the molecule is CCCCc1nc2c(ccc3cccnc32)c(CCCC)c1CCCC. The van der Waals surface area contributed by atoms with E-state index in [1.807, 2.05) is 12.3 Å². The van der Waals surface area contributed by atoms with Gasteiger partial charge in [0.2, 0.25) is 0 Å². The van der Waals surface area contributed by atoms with Crippen molar-refractivity contribution >= 4 is 21.8 Å². The normalized spacial score (nSPS) is 11.5. The van der Waals surface area contributed by atoms with Crippen LogP contribution in [-0.4, -0.2) is 9.97 Å². The van der Waals surface area contributed by atoms with Gasteiger partial charge in [-0.25, -0.2) is 0 Å². The maximum atomic E-state index is 5.20. The summed E-state index contributed by atoms with van der Waals surface area (Å²) in [5, 5.41) is 2.52. The van der Waals surface area contributed by atoms with Crippen molar-refractivity contribution in [2.24, 2.45) is 0 Å². The Bertz CT molecular complexity index is 867. The molecule has 0 unspecified atom stereocenters. The molecular formula is C24H32N2. The molecule has 0 amide bonds. The summed E-state index contributed by atoms with van der Waals surface area (Å²) in [6, 6.07) is 8.67. The van der Waals surface area contributed by atoms with Gasteiger partial charge in [0.1, 0.15) is 0 Å². The van der Waals surface area contributed by atoms with Crippen molar-refractivity contribution in [3.05, 3.63) is 47.3 Å². The molecule has 0 saturated carbocycles. The Morgan fingerprint density at radius 3 is 2.15 bits per heavy atom. The van der Waals surface area contributed by atoms with Crippen LogP contribution in [0.5, 0.6) is 0 Å². The Morgan fingerprint density at radius 1 is 0.731 bits per heavy atom. The van der Waals surface area contributed by atoms with Crippen LogP contribution >= 0.6 is 0 Å². The van der Waals surface area contributed by atoms with Gasteiger partial charge in [-0.1, -0.05) is 58.2 Å². The molecule has 0 atom stereocenters. The quantitative estimate of drug-likeness (QED) is 0.397. The Hall–Kier alpha value is -1.96. The predicted octanol–water partition coefficient (Wildman–Crippen LogP) is 6.81. The van der Waals surface area contributed by atoms with Crippen LogP contribution in [0.15, 0.2) is 30.5 Å². The van der Waals surface area contributed by atoms with Crippen LogP contribution in [0.25, 0.3) is 21.8 Å². The van der Waals surface area contributed by atoms with E-state index in [4.69, 9.17) is 4.98 Å². The van der Waals surface area contributed by atoms with E-state index >= 15 is 0 Å². The lowest BCUT2D eigenvalue weighted by Gasteiger charge is -2.18. The van der Waals surface area contributed by atoms with Gasteiger partial charge in [0.15, 0.2) is 0 Å².